The number of ether oxygens (including phenoxy) is 4. The van der Waals surface area contributed by atoms with Crippen molar-refractivity contribution < 1.29 is 38.1 Å². The summed E-state index contributed by atoms with van der Waals surface area (Å²) >= 11 is 6.03. The van der Waals surface area contributed by atoms with Crippen LogP contribution >= 0.6 is 45.3 Å². The van der Waals surface area contributed by atoms with Crippen LogP contribution in [-0.2, 0) is 38.1 Å². The lowest BCUT2D eigenvalue weighted by molar-refractivity contribution is -0.135. The van der Waals surface area contributed by atoms with E-state index < -0.39 is 23.9 Å². The molecule has 12 nitrogen and oxygen atoms in total. The van der Waals surface area contributed by atoms with Gasteiger partial charge in [-0.2, -0.15) is 0 Å². The van der Waals surface area contributed by atoms with Gasteiger partial charge in [-0.25, -0.2) is 29.1 Å². The number of esters is 4. The van der Waals surface area contributed by atoms with Gasteiger partial charge in [0.15, 0.2) is 0 Å². The number of fused-ring (bicyclic) bond motifs is 8. The summed E-state index contributed by atoms with van der Waals surface area (Å²) in [7, 11) is 5.37. The number of hydrogen-bond acceptors (Lipinski definition) is 14. The average Bonchev–Trinajstić information content (AvgIpc) is 4.21. The number of rotatable bonds is 12. The first-order valence-corrected chi connectivity index (χ1v) is 24.0. The Morgan fingerprint density at radius 2 is 0.618 bits per heavy atom. The van der Waals surface area contributed by atoms with Crippen LogP contribution in [0.25, 0.3) is 112 Å². The first-order valence-electron chi connectivity index (χ1n) is 20.7. The van der Waals surface area contributed by atoms with Gasteiger partial charge in [0.05, 0.1) is 51.2 Å². The fourth-order valence-electron chi connectivity index (χ4n) is 7.42. The molecule has 0 aromatic carbocycles. The summed E-state index contributed by atoms with van der Waals surface area (Å²) in [5.74, 6) is -1.82. The molecule has 8 bridgehead atoms. The SMILES string of the molecule is COC(=O)/C=C/c1ccc(-c2c3nc(c(-c4ccc(/C=C/C(=O)OC)s4)c4ccc([nH]4)c(-c4ccc(/C=C/C(=O)OC)s4)c4nc(c(-c5ccc(/C=C/C(=O)OC)s5)c5ccc2[nH]5)C=C4)C=C3)s1. The molecule has 9 heterocycles. The van der Waals surface area contributed by atoms with Crippen molar-refractivity contribution in [1.29, 1.82) is 0 Å². The van der Waals surface area contributed by atoms with Crippen LogP contribution in [0.4, 0.5) is 0 Å². The molecule has 2 aliphatic heterocycles. The van der Waals surface area contributed by atoms with Gasteiger partial charge in [-0.1, -0.05) is 0 Å². The number of carbonyl (C=O) groups excluding carboxylic acids is 4. The predicted octanol–water partition coefficient (Wildman–Crippen LogP) is 12.3. The van der Waals surface area contributed by atoms with Gasteiger partial charge < -0.3 is 28.9 Å². The lowest BCUT2D eigenvalue weighted by atomic mass is 10.1. The summed E-state index contributed by atoms with van der Waals surface area (Å²) in [6.07, 6.45) is 20.5. The zero-order valence-electron chi connectivity index (χ0n) is 36.6. The standard InChI is InChI=1S/C52H38N4O8S4/c1-61-45(57)25-9-29-5-21-41(65-29)49-33-13-15-35(53-33)50(42-22-6-30(66-42)10-26-46(58)62-2)37-17-19-39(55-37)52(44-24-8-32(68-44)12-28-48(60)64-4)40-20-18-38(56-40)51(36-16-14-34(49)54-36)43-23-7-31(67-43)11-27-47(59)63-3/h5-28,53,56H,1-4H3/b25-9+,26-10+,27-11+,28-12+,49-33?,49-34?,50-35?,50-37?,51-36?,51-38?,52-39?,52-40?. The summed E-state index contributed by atoms with van der Waals surface area (Å²) in [6.45, 7) is 0. The number of H-pyrrole nitrogens is 2. The van der Waals surface area contributed by atoms with Crippen molar-refractivity contribution in [2.24, 2.45) is 0 Å². The van der Waals surface area contributed by atoms with Crippen LogP contribution in [0.5, 0.6) is 0 Å². The molecule has 0 amide bonds. The summed E-state index contributed by atoms with van der Waals surface area (Å²) in [4.78, 5) is 73.5. The van der Waals surface area contributed by atoms with Crippen LogP contribution in [0.2, 0.25) is 0 Å². The Balaban J connectivity index is 1.36. The van der Waals surface area contributed by atoms with Gasteiger partial charge in [0.2, 0.25) is 0 Å². The number of nitrogens with one attached hydrogen (secondary N) is 2. The summed E-state index contributed by atoms with van der Waals surface area (Å²) in [6, 6.07) is 24.0. The smallest absolute Gasteiger partial charge is 0.330 e. The molecule has 7 aromatic heterocycles. The Hall–Kier alpha value is -7.76. The molecule has 0 unspecified atom stereocenters. The maximum atomic E-state index is 12.1. The van der Waals surface area contributed by atoms with E-state index in [1.807, 2.05) is 97.1 Å². The van der Waals surface area contributed by atoms with Crippen molar-refractivity contribution in [3.63, 3.8) is 0 Å². The lowest BCUT2D eigenvalue weighted by Crippen LogP contribution is -1.92. The zero-order chi connectivity index (χ0) is 47.3. The molecule has 68 heavy (non-hydrogen) atoms. The molecule has 2 N–H and O–H groups in total. The second kappa shape index (κ2) is 20.0. The van der Waals surface area contributed by atoms with E-state index in [9.17, 15) is 19.2 Å². The van der Waals surface area contributed by atoms with Crippen LogP contribution < -0.4 is 0 Å². The third-order valence-electron chi connectivity index (χ3n) is 10.6. The molecule has 7 aromatic rings. The first kappa shape index (κ1) is 45.4. The molecule has 0 aliphatic carbocycles. The van der Waals surface area contributed by atoms with Crippen LogP contribution in [0.3, 0.4) is 0 Å². The van der Waals surface area contributed by atoms with Gasteiger partial charge in [-0.15, -0.1) is 45.3 Å². The van der Waals surface area contributed by atoms with E-state index >= 15 is 0 Å². The minimum absolute atomic E-state index is 0.454. The van der Waals surface area contributed by atoms with Gasteiger partial charge in [0.25, 0.3) is 0 Å². The summed E-state index contributed by atoms with van der Waals surface area (Å²) in [5.41, 5.74) is 9.35. The number of aromatic amines is 2. The molecule has 16 heteroatoms. The van der Waals surface area contributed by atoms with Crippen molar-refractivity contribution in [3.8, 4) is 41.8 Å². The zero-order valence-corrected chi connectivity index (χ0v) is 39.9. The van der Waals surface area contributed by atoms with Crippen LogP contribution in [-0.4, -0.2) is 72.3 Å². The highest BCUT2D eigenvalue weighted by atomic mass is 32.1. The van der Waals surface area contributed by atoms with Crippen molar-refractivity contribution in [2.75, 3.05) is 28.4 Å². The first-order chi connectivity index (χ1) is 33.1. The predicted molar refractivity (Wildman–Crippen MR) is 276 cm³/mol. The second-order valence-corrected chi connectivity index (χ2v) is 19.2. The molecule has 0 radical (unpaired) electrons. The maximum absolute atomic E-state index is 12.1. The molecule has 2 aliphatic rings. The lowest BCUT2D eigenvalue weighted by Gasteiger charge is -2.04. The second-order valence-electron chi connectivity index (χ2n) is 14.7. The molecule has 0 saturated carbocycles. The van der Waals surface area contributed by atoms with E-state index in [-0.39, 0.29) is 0 Å². The fourth-order valence-corrected chi connectivity index (χ4v) is 11.3. The van der Waals surface area contributed by atoms with Crippen LogP contribution in [0.1, 0.15) is 42.3 Å². The van der Waals surface area contributed by atoms with E-state index in [1.54, 1.807) is 24.3 Å². The molecular weight excluding hydrogens is 937 g/mol. The van der Waals surface area contributed by atoms with E-state index in [0.717, 1.165) is 83.3 Å². The Morgan fingerprint density at radius 1 is 0.382 bits per heavy atom. The maximum Gasteiger partial charge on any atom is 0.330 e. The number of carbonyl (C=O) groups is 4. The molecule has 338 valence electrons. The average molecular weight is 975 g/mol. The van der Waals surface area contributed by atoms with E-state index in [2.05, 4.69) is 9.97 Å². The molecular formula is C52H38N4O8S4. The molecule has 9 rings (SSSR count). The van der Waals surface area contributed by atoms with Gasteiger partial charge >= 0.3 is 23.9 Å². The Morgan fingerprint density at radius 3 is 0.838 bits per heavy atom. The number of hydrogen-bond donors (Lipinski definition) is 2. The van der Waals surface area contributed by atoms with Crippen molar-refractivity contribution >= 4 is 140 Å². The minimum Gasteiger partial charge on any atom is -0.466 e. The van der Waals surface area contributed by atoms with E-state index in [1.165, 1.54) is 98.1 Å². The fraction of sp³-hybridized carbons (Fsp3) is 0.0769. The highest BCUT2D eigenvalue weighted by Gasteiger charge is 2.21. The third kappa shape index (κ3) is 9.70. The Bertz CT molecular complexity index is 3060. The van der Waals surface area contributed by atoms with Gasteiger partial charge in [-0.3, -0.25) is 0 Å². The normalized spacial score (nSPS) is 12.3. The number of nitrogens with zero attached hydrogens (tertiary/aromatic N) is 2. The van der Waals surface area contributed by atoms with Crippen LogP contribution in [0, 0.1) is 0 Å². The summed E-state index contributed by atoms with van der Waals surface area (Å²) < 4.78 is 19.4. The van der Waals surface area contributed by atoms with E-state index in [0.29, 0.717) is 22.8 Å². The summed E-state index contributed by atoms with van der Waals surface area (Å²) in [5, 5.41) is 0. The largest absolute Gasteiger partial charge is 0.466 e. The number of methoxy groups -OCH3 is 4. The monoisotopic (exact) mass is 974 g/mol. The highest BCUT2D eigenvalue weighted by molar-refractivity contribution is 7.17. The minimum atomic E-state index is -0.454. The van der Waals surface area contributed by atoms with Crippen molar-refractivity contribution in [1.82, 2.24) is 19.9 Å². The van der Waals surface area contributed by atoms with E-state index in [4.69, 9.17) is 28.9 Å². The molecule has 0 spiro atoms. The molecule has 0 fully saturated rings. The number of thiophene rings is 4. The molecule has 0 saturated heterocycles. The van der Waals surface area contributed by atoms with Gasteiger partial charge in [-0.05, 0) is 121 Å². The molecule has 0 atom stereocenters. The van der Waals surface area contributed by atoms with Gasteiger partial charge in [0.1, 0.15) is 0 Å². The topological polar surface area (TPSA) is 163 Å². The Labute approximate surface area is 405 Å². The van der Waals surface area contributed by atoms with Gasteiger partial charge in [0, 0.05) is 108 Å². The third-order valence-corrected chi connectivity index (χ3v) is 14.9. The van der Waals surface area contributed by atoms with Crippen LogP contribution in [0.15, 0.2) is 97.1 Å². The van der Waals surface area contributed by atoms with Crippen molar-refractivity contribution in [3.05, 3.63) is 139 Å². The quantitative estimate of drug-likeness (QED) is 0.0684. The van der Waals surface area contributed by atoms with Crippen molar-refractivity contribution in [2.45, 2.75) is 0 Å². The number of aromatic nitrogens is 4. The Kier molecular flexibility index (Phi) is 13.4. The highest BCUT2D eigenvalue weighted by Crippen LogP contribution is 2.43.